The summed E-state index contributed by atoms with van der Waals surface area (Å²) < 4.78 is 5.39. The van der Waals surface area contributed by atoms with Crippen LogP contribution in [0.1, 0.15) is 104 Å². The van der Waals surface area contributed by atoms with Crippen LogP contribution >= 0.6 is 0 Å². The van der Waals surface area contributed by atoms with Gasteiger partial charge in [-0.1, -0.05) is 57.8 Å². The van der Waals surface area contributed by atoms with Gasteiger partial charge in [0.25, 0.3) is 6.47 Å². The van der Waals surface area contributed by atoms with Gasteiger partial charge in [-0.3, -0.25) is 4.79 Å². The average molecular weight is 429 g/mol. The van der Waals surface area contributed by atoms with Gasteiger partial charge in [-0.2, -0.15) is 0 Å². The molecular weight excluding hydrogens is 380 g/mol. The van der Waals surface area contributed by atoms with Gasteiger partial charge in [0.1, 0.15) is 6.10 Å². The van der Waals surface area contributed by atoms with E-state index in [0.29, 0.717) is 6.47 Å². The molecule has 2 fully saturated rings. The zero-order valence-electron chi connectivity index (χ0n) is 20.6. The zero-order chi connectivity index (χ0) is 22.2. The predicted octanol–water partition coefficient (Wildman–Crippen LogP) is 8.13. The van der Waals surface area contributed by atoms with Crippen molar-refractivity contribution < 1.29 is 9.53 Å². The van der Waals surface area contributed by atoms with Crippen molar-refractivity contribution in [1.82, 2.24) is 0 Å². The molecule has 0 amide bonds. The highest BCUT2D eigenvalue weighted by molar-refractivity contribution is 5.37. The van der Waals surface area contributed by atoms with E-state index >= 15 is 0 Å². The molecule has 0 aromatic rings. The minimum Gasteiger partial charge on any atom is -0.464 e. The first-order valence-corrected chi connectivity index (χ1v) is 13.4. The van der Waals surface area contributed by atoms with E-state index in [4.69, 9.17) is 4.74 Å². The Morgan fingerprint density at radius 1 is 1.06 bits per heavy atom. The molecule has 2 bridgehead atoms. The molecule has 0 spiro atoms. The second kappa shape index (κ2) is 12.3. The lowest BCUT2D eigenvalue weighted by Crippen LogP contribution is -2.32. The number of hydrogen-bond donors (Lipinski definition) is 0. The maximum Gasteiger partial charge on any atom is 0.293 e. The summed E-state index contributed by atoms with van der Waals surface area (Å²) in [6.45, 7) is 11.7. The third-order valence-electron chi connectivity index (χ3n) is 9.01. The summed E-state index contributed by atoms with van der Waals surface area (Å²) in [5.41, 5.74) is 1.55. The summed E-state index contributed by atoms with van der Waals surface area (Å²) in [6.07, 6.45) is 21.3. The fourth-order valence-electron chi connectivity index (χ4n) is 7.30. The predicted molar refractivity (Wildman–Crippen MR) is 131 cm³/mol. The highest BCUT2D eigenvalue weighted by Crippen LogP contribution is 2.52. The van der Waals surface area contributed by atoms with Crippen molar-refractivity contribution >= 4 is 6.47 Å². The molecule has 2 nitrogen and oxygen atoms in total. The van der Waals surface area contributed by atoms with Gasteiger partial charge in [0.15, 0.2) is 0 Å². The van der Waals surface area contributed by atoms with Gasteiger partial charge in [0.05, 0.1) is 0 Å². The molecule has 2 saturated carbocycles. The molecule has 3 aliphatic carbocycles. The molecule has 0 radical (unpaired) electrons. The van der Waals surface area contributed by atoms with Crippen LogP contribution in [0.2, 0.25) is 0 Å². The zero-order valence-corrected chi connectivity index (χ0v) is 20.6. The Bertz CT molecular complexity index is 592. The third kappa shape index (κ3) is 6.96. The molecular formula is C29H48O2. The smallest absolute Gasteiger partial charge is 0.293 e. The second-order valence-electron chi connectivity index (χ2n) is 11.5. The molecule has 0 N–H and O–H groups in total. The second-order valence-corrected chi connectivity index (χ2v) is 11.5. The van der Waals surface area contributed by atoms with Crippen LogP contribution in [-0.4, -0.2) is 12.6 Å². The molecule has 3 rings (SSSR count). The van der Waals surface area contributed by atoms with E-state index in [-0.39, 0.29) is 6.10 Å². The fraction of sp³-hybridized carbons (Fsp3) is 0.828. The van der Waals surface area contributed by atoms with Gasteiger partial charge in [-0.05, 0) is 99.2 Å². The van der Waals surface area contributed by atoms with E-state index in [1.54, 1.807) is 5.57 Å². The van der Waals surface area contributed by atoms with Gasteiger partial charge in [0, 0.05) is 6.42 Å². The summed E-state index contributed by atoms with van der Waals surface area (Å²) in [6, 6.07) is 0. The van der Waals surface area contributed by atoms with E-state index in [1.807, 2.05) is 6.08 Å². The standard InChI is InChI=1S/C29H48O2/c1-5-6-10-27(31-20-30)18-23-11-15-29-24(17-23)12-13-25-19-26(29)14-16-28(25)22(4)9-7-8-21(2)3/h5,11,20-22,24-29H,1,6-10,12-19H2,2-4H3/t22-,24-,25-,26?,27?,28?,29-/m1/s1. The first kappa shape index (κ1) is 24.6. The van der Waals surface area contributed by atoms with Crippen LogP contribution in [0.15, 0.2) is 24.3 Å². The van der Waals surface area contributed by atoms with Crippen molar-refractivity contribution in [2.24, 2.45) is 41.4 Å². The molecule has 3 aliphatic rings. The Labute approximate surface area is 192 Å². The summed E-state index contributed by atoms with van der Waals surface area (Å²) in [7, 11) is 0. The lowest BCUT2D eigenvalue weighted by Gasteiger charge is -2.41. The van der Waals surface area contributed by atoms with Crippen molar-refractivity contribution in [2.45, 2.75) is 110 Å². The lowest BCUT2D eigenvalue weighted by molar-refractivity contribution is -0.133. The van der Waals surface area contributed by atoms with E-state index < -0.39 is 0 Å². The number of hydrogen-bond acceptors (Lipinski definition) is 2. The summed E-state index contributed by atoms with van der Waals surface area (Å²) in [5, 5.41) is 0. The van der Waals surface area contributed by atoms with Gasteiger partial charge >= 0.3 is 0 Å². The molecule has 0 heterocycles. The monoisotopic (exact) mass is 428 g/mol. The fourth-order valence-corrected chi connectivity index (χ4v) is 7.30. The minimum atomic E-state index is 0.0272. The number of fused-ring (bicyclic) bond motifs is 4. The normalized spacial score (nSPS) is 32.4. The quantitative estimate of drug-likeness (QED) is 0.232. The van der Waals surface area contributed by atoms with Crippen molar-refractivity contribution in [3.05, 3.63) is 24.3 Å². The van der Waals surface area contributed by atoms with Crippen LogP contribution in [-0.2, 0) is 9.53 Å². The van der Waals surface area contributed by atoms with Gasteiger partial charge < -0.3 is 4.74 Å². The van der Waals surface area contributed by atoms with Crippen LogP contribution in [0, 0.1) is 41.4 Å². The van der Waals surface area contributed by atoms with Crippen molar-refractivity contribution in [2.75, 3.05) is 0 Å². The van der Waals surface area contributed by atoms with E-state index in [2.05, 4.69) is 33.4 Å². The summed E-state index contributed by atoms with van der Waals surface area (Å²) in [5.74, 6) is 6.42. The van der Waals surface area contributed by atoms with E-state index in [9.17, 15) is 4.79 Å². The topological polar surface area (TPSA) is 26.3 Å². The molecule has 2 heteroatoms. The molecule has 176 valence electrons. The summed E-state index contributed by atoms with van der Waals surface area (Å²) in [4.78, 5) is 10.9. The van der Waals surface area contributed by atoms with E-state index in [1.165, 1.54) is 64.2 Å². The first-order chi connectivity index (χ1) is 15.0. The highest BCUT2D eigenvalue weighted by atomic mass is 16.5. The maximum atomic E-state index is 10.9. The Kier molecular flexibility index (Phi) is 9.72. The maximum absolute atomic E-state index is 10.9. The molecule has 0 aliphatic heterocycles. The van der Waals surface area contributed by atoms with Crippen molar-refractivity contribution in [3.8, 4) is 0 Å². The first-order valence-electron chi connectivity index (χ1n) is 13.4. The van der Waals surface area contributed by atoms with Gasteiger partial charge in [0.2, 0.25) is 0 Å². The Morgan fingerprint density at radius 3 is 2.58 bits per heavy atom. The highest BCUT2D eigenvalue weighted by Gasteiger charge is 2.42. The third-order valence-corrected chi connectivity index (χ3v) is 9.01. The van der Waals surface area contributed by atoms with Crippen LogP contribution in [0.3, 0.4) is 0 Å². The molecule has 31 heavy (non-hydrogen) atoms. The van der Waals surface area contributed by atoms with Crippen LogP contribution in [0.4, 0.5) is 0 Å². The SMILES string of the molecule is C=CCCC(CC1=CC[C@H]2C3CCC([C@H](C)CCCC(C)C)[C@H](CC[C@@H]2C1)C3)OC=O. The van der Waals surface area contributed by atoms with Gasteiger partial charge in [-0.15, -0.1) is 6.58 Å². The molecule has 0 aromatic carbocycles. The Hall–Kier alpha value is -1.05. The lowest BCUT2D eigenvalue weighted by atomic mass is 9.64. The number of carbonyl (C=O) groups excluding carboxylic acids is 1. The number of rotatable bonds is 12. The molecule has 7 atom stereocenters. The minimum absolute atomic E-state index is 0.0272. The summed E-state index contributed by atoms with van der Waals surface area (Å²) >= 11 is 0. The van der Waals surface area contributed by atoms with Crippen LogP contribution in [0.5, 0.6) is 0 Å². The van der Waals surface area contributed by atoms with Crippen LogP contribution < -0.4 is 0 Å². The Morgan fingerprint density at radius 2 is 1.84 bits per heavy atom. The molecule has 3 unspecified atom stereocenters. The number of ether oxygens (including phenoxy) is 1. The van der Waals surface area contributed by atoms with Gasteiger partial charge in [-0.25, -0.2) is 0 Å². The number of carbonyl (C=O) groups is 1. The Balaban J connectivity index is 1.55. The van der Waals surface area contributed by atoms with Crippen molar-refractivity contribution in [1.29, 1.82) is 0 Å². The molecule has 0 saturated heterocycles. The molecule has 0 aromatic heterocycles. The average Bonchev–Trinajstić information content (AvgIpc) is 2.88. The van der Waals surface area contributed by atoms with E-state index in [0.717, 1.165) is 60.7 Å². The van der Waals surface area contributed by atoms with Crippen molar-refractivity contribution in [3.63, 3.8) is 0 Å². The van der Waals surface area contributed by atoms with Crippen LogP contribution in [0.25, 0.3) is 0 Å². The number of allylic oxidation sites excluding steroid dienone is 2. The largest absolute Gasteiger partial charge is 0.464 e.